The van der Waals surface area contributed by atoms with E-state index in [0.29, 0.717) is 6.54 Å². The summed E-state index contributed by atoms with van der Waals surface area (Å²) < 4.78 is 3.83. The van der Waals surface area contributed by atoms with Crippen LogP contribution in [-0.4, -0.2) is 43.5 Å². The van der Waals surface area contributed by atoms with E-state index in [1.165, 1.54) is 0 Å². The molecule has 25 heavy (non-hydrogen) atoms. The monoisotopic (exact) mass is 335 g/mol. The molecule has 1 aliphatic rings. The average Bonchev–Trinajstić information content (AvgIpc) is 3.33. The summed E-state index contributed by atoms with van der Waals surface area (Å²) in [6.07, 6.45) is 7.60. The van der Waals surface area contributed by atoms with Gasteiger partial charge < -0.3 is 4.90 Å². The normalized spacial score (nSPS) is 17.6. The Labute approximate surface area is 146 Å². The van der Waals surface area contributed by atoms with Crippen molar-refractivity contribution in [2.24, 2.45) is 0 Å². The van der Waals surface area contributed by atoms with Crippen molar-refractivity contribution in [3.63, 3.8) is 0 Å². The maximum atomic E-state index is 12.9. The number of likely N-dealkylation sites (tertiary alicyclic amines) is 1. The first-order valence-corrected chi connectivity index (χ1v) is 8.62. The number of hydrogen-bond acceptors (Lipinski definition) is 3. The molecule has 128 valence electrons. The highest BCUT2D eigenvalue weighted by molar-refractivity contribution is 5.94. The van der Waals surface area contributed by atoms with Gasteiger partial charge in [0, 0.05) is 42.9 Å². The Morgan fingerprint density at radius 3 is 2.64 bits per heavy atom. The number of rotatable bonds is 3. The Bertz CT molecular complexity index is 850. The van der Waals surface area contributed by atoms with E-state index in [2.05, 4.69) is 10.2 Å². The lowest BCUT2D eigenvalue weighted by Gasteiger charge is -2.33. The molecule has 0 bridgehead atoms. The van der Waals surface area contributed by atoms with Crippen LogP contribution >= 0.6 is 0 Å². The van der Waals surface area contributed by atoms with Crippen molar-refractivity contribution in [3.05, 3.63) is 66.2 Å². The second-order valence-electron chi connectivity index (χ2n) is 6.46. The predicted molar refractivity (Wildman–Crippen MR) is 94.7 cm³/mol. The minimum Gasteiger partial charge on any atom is -0.337 e. The fourth-order valence-electron chi connectivity index (χ4n) is 3.42. The van der Waals surface area contributed by atoms with Gasteiger partial charge in [-0.15, -0.1) is 0 Å². The highest BCUT2D eigenvalue weighted by atomic mass is 16.2. The first-order chi connectivity index (χ1) is 12.2. The molecule has 1 aliphatic heterocycles. The zero-order valence-corrected chi connectivity index (χ0v) is 14.2. The third kappa shape index (κ3) is 3.07. The van der Waals surface area contributed by atoms with E-state index < -0.39 is 0 Å². The second kappa shape index (κ2) is 6.55. The Hall–Kier alpha value is -2.89. The van der Waals surface area contributed by atoms with Crippen molar-refractivity contribution in [1.29, 1.82) is 0 Å². The molecule has 0 unspecified atom stereocenters. The largest absolute Gasteiger partial charge is 0.337 e. The van der Waals surface area contributed by atoms with Gasteiger partial charge >= 0.3 is 0 Å². The molecule has 4 rings (SSSR count). The van der Waals surface area contributed by atoms with Crippen LogP contribution in [0.4, 0.5) is 0 Å². The molecule has 6 nitrogen and oxygen atoms in total. The van der Waals surface area contributed by atoms with E-state index in [-0.39, 0.29) is 11.9 Å². The third-order valence-electron chi connectivity index (χ3n) is 4.77. The van der Waals surface area contributed by atoms with Crippen molar-refractivity contribution in [2.45, 2.75) is 25.8 Å². The molecule has 3 heterocycles. The lowest BCUT2D eigenvalue weighted by molar-refractivity contribution is 0.0673. The number of nitrogens with zero attached hydrogens (tertiary/aromatic N) is 5. The third-order valence-corrected chi connectivity index (χ3v) is 4.77. The van der Waals surface area contributed by atoms with Crippen LogP contribution in [0.1, 0.15) is 34.9 Å². The summed E-state index contributed by atoms with van der Waals surface area (Å²) in [6.45, 7) is 3.52. The maximum absolute atomic E-state index is 12.9. The van der Waals surface area contributed by atoms with Gasteiger partial charge in [0.2, 0.25) is 0 Å². The number of carbonyl (C=O) groups excluding carboxylic acids is 1. The van der Waals surface area contributed by atoms with Crippen LogP contribution in [0.25, 0.3) is 5.69 Å². The average molecular weight is 335 g/mol. The Morgan fingerprint density at radius 2 is 1.96 bits per heavy atom. The predicted octanol–water partition coefficient (Wildman–Crippen LogP) is 2.85. The summed E-state index contributed by atoms with van der Waals surface area (Å²) in [4.78, 5) is 14.8. The molecular formula is C19H21N5O. The quantitative estimate of drug-likeness (QED) is 0.739. The molecule has 0 spiro atoms. The van der Waals surface area contributed by atoms with E-state index in [0.717, 1.165) is 36.3 Å². The van der Waals surface area contributed by atoms with Gasteiger partial charge in [-0.1, -0.05) is 0 Å². The fraction of sp³-hybridized carbons (Fsp3) is 0.316. The summed E-state index contributed by atoms with van der Waals surface area (Å²) >= 11 is 0. The van der Waals surface area contributed by atoms with Crippen LogP contribution in [0.2, 0.25) is 0 Å². The summed E-state index contributed by atoms with van der Waals surface area (Å²) in [5, 5.41) is 8.62. The number of amides is 1. The van der Waals surface area contributed by atoms with E-state index in [1.54, 1.807) is 12.4 Å². The molecule has 0 saturated carbocycles. The summed E-state index contributed by atoms with van der Waals surface area (Å²) in [7, 11) is 0. The van der Waals surface area contributed by atoms with Gasteiger partial charge in [-0.25, -0.2) is 4.68 Å². The van der Waals surface area contributed by atoms with Crippen molar-refractivity contribution in [2.75, 3.05) is 13.1 Å². The summed E-state index contributed by atoms with van der Waals surface area (Å²) in [5.74, 6) is 0.0839. The Balaban J connectivity index is 1.50. The van der Waals surface area contributed by atoms with E-state index in [4.69, 9.17) is 0 Å². The lowest BCUT2D eigenvalue weighted by atomic mass is 10.0. The molecule has 2 aromatic heterocycles. The second-order valence-corrected chi connectivity index (χ2v) is 6.46. The fourth-order valence-corrected chi connectivity index (χ4v) is 3.42. The smallest absolute Gasteiger partial charge is 0.253 e. The van der Waals surface area contributed by atoms with Crippen LogP contribution in [-0.2, 0) is 0 Å². The van der Waals surface area contributed by atoms with Crippen molar-refractivity contribution in [1.82, 2.24) is 24.5 Å². The molecule has 6 heteroatoms. The van der Waals surface area contributed by atoms with E-state index in [1.807, 2.05) is 63.8 Å². The molecule has 0 aliphatic carbocycles. The Kier molecular flexibility index (Phi) is 4.09. The zero-order valence-electron chi connectivity index (χ0n) is 14.2. The van der Waals surface area contributed by atoms with Crippen LogP contribution in [0.5, 0.6) is 0 Å². The standard InChI is InChI=1S/C19H21N5O/c1-15-9-11-21-24(15)17-7-5-16(6-8-17)19(25)22-12-2-4-18(14-22)23-13-3-10-20-23/h3,5-11,13,18H,2,4,12,14H2,1H3/t18-/m0/s1. The molecule has 0 radical (unpaired) electrons. The van der Waals surface area contributed by atoms with Gasteiger partial charge in [0.15, 0.2) is 0 Å². The summed E-state index contributed by atoms with van der Waals surface area (Å²) in [6, 6.07) is 11.8. The van der Waals surface area contributed by atoms with Crippen LogP contribution in [0.15, 0.2) is 55.0 Å². The number of benzene rings is 1. The molecular weight excluding hydrogens is 314 g/mol. The number of aryl methyl sites for hydroxylation is 1. The van der Waals surface area contributed by atoms with Gasteiger partial charge in [0.25, 0.3) is 5.91 Å². The number of piperidine rings is 1. The topological polar surface area (TPSA) is 56.0 Å². The Morgan fingerprint density at radius 1 is 1.12 bits per heavy atom. The molecule has 1 aromatic carbocycles. The first-order valence-electron chi connectivity index (χ1n) is 8.62. The van der Waals surface area contributed by atoms with Gasteiger partial charge in [0.05, 0.1) is 11.7 Å². The zero-order chi connectivity index (χ0) is 17.2. The highest BCUT2D eigenvalue weighted by Gasteiger charge is 2.25. The van der Waals surface area contributed by atoms with Crippen LogP contribution < -0.4 is 0 Å². The van der Waals surface area contributed by atoms with Crippen molar-refractivity contribution >= 4 is 5.91 Å². The number of carbonyl (C=O) groups is 1. The minimum atomic E-state index is 0.0839. The van der Waals surface area contributed by atoms with Gasteiger partial charge in [0.1, 0.15) is 0 Å². The first kappa shape index (κ1) is 15.6. The lowest BCUT2D eigenvalue weighted by Crippen LogP contribution is -2.40. The van der Waals surface area contributed by atoms with E-state index in [9.17, 15) is 4.79 Å². The molecule has 1 atom stereocenters. The summed E-state index contributed by atoms with van der Waals surface area (Å²) in [5.41, 5.74) is 2.75. The SMILES string of the molecule is Cc1ccnn1-c1ccc(C(=O)N2CCC[C@H](n3cccn3)C2)cc1. The maximum Gasteiger partial charge on any atom is 0.253 e. The molecule has 1 fully saturated rings. The van der Waals surface area contributed by atoms with Crippen molar-refractivity contribution in [3.8, 4) is 5.69 Å². The number of hydrogen-bond donors (Lipinski definition) is 0. The van der Waals surface area contributed by atoms with Gasteiger partial charge in [-0.05, 0) is 56.2 Å². The van der Waals surface area contributed by atoms with Crippen LogP contribution in [0.3, 0.4) is 0 Å². The molecule has 3 aromatic rings. The molecule has 1 amide bonds. The number of aromatic nitrogens is 4. The van der Waals surface area contributed by atoms with Gasteiger partial charge in [-0.3, -0.25) is 9.48 Å². The molecule has 1 saturated heterocycles. The minimum absolute atomic E-state index is 0.0839. The van der Waals surface area contributed by atoms with E-state index >= 15 is 0 Å². The molecule has 0 N–H and O–H groups in total. The van der Waals surface area contributed by atoms with Gasteiger partial charge in [-0.2, -0.15) is 10.2 Å². The highest BCUT2D eigenvalue weighted by Crippen LogP contribution is 2.22. The van der Waals surface area contributed by atoms with Crippen molar-refractivity contribution < 1.29 is 4.79 Å². The van der Waals surface area contributed by atoms with Crippen LogP contribution in [0, 0.1) is 6.92 Å².